The maximum atomic E-state index is 12.9. The molecule has 0 unspecified atom stereocenters. The van der Waals surface area contributed by atoms with Gasteiger partial charge in [0.05, 0.1) is 12.7 Å². The van der Waals surface area contributed by atoms with Crippen LogP contribution in [0.2, 0.25) is 0 Å². The number of carbonyl (C=O) groups is 1. The van der Waals surface area contributed by atoms with E-state index in [0.29, 0.717) is 24.2 Å². The van der Waals surface area contributed by atoms with Crippen LogP contribution in [-0.2, 0) is 19.4 Å². The molecule has 3 aromatic heterocycles. The molecule has 174 valence electrons. The molecule has 0 amide bonds. The summed E-state index contributed by atoms with van der Waals surface area (Å²) in [6.07, 6.45) is 10.9. The Bertz CT molecular complexity index is 1490. The fourth-order valence-corrected chi connectivity index (χ4v) is 4.28. The number of hydrogen-bond donors (Lipinski definition) is 1. The van der Waals surface area contributed by atoms with Gasteiger partial charge in [-0.2, -0.15) is 5.10 Å². The molecule has 2 aromatic carbocycles. The van der Waals surface area contributed by atoms with Crippen molar-refractivity contribution in [2.45, 2.75) is 32.7 Å². The Morgan fingerprint density at radius 2 is 1.71 bits per heavy atom. The van der Waals surface area contributed by atoms with Gasteiger partial charge in [-0.1, -0.05) is 42.5 Å². The minimum atomic E-state index is 0.0959. The molecule has 6 nitrogen and oxygen atoms in total. The maximum Gasteiger partial charge on any atom is 0.164 e. The number of aryl methyl sites for hydroxylation is 2. The Morgan fingerprint density at radius 1 is 0.914 bits per heavy atom. The normalized spacial score (nSPS) is 11.1. The van der Waals surface area contributed by atoms with Gasteiger partial charge < -0.3 is 5.73 Å². The SMILES string of the molecule is Cc1cnn(Cc2ccc(Cc3cncc(C(=O)CCc4ccc5c(N)nccc5c4)c3)cc2)c1. The number of pyridine rings is 2. The van der Waals surface area contributed by atoms with Gasteiger partial charge in [-0.3, -0.25) is 14.5 Å². The second kappa shape index (κ2) is 9.89. The summed E-state index contributed by atoms with van der Waals surface area (Å²) in [7, 11) is 0. The number of rotatable bonds is 8. The first-order chi connectivity index (χ1) is 17.0. The van der Waals surface area contributed by atoms with Crippen molar-refractivity contribution in [1.29, 1.82) is 0 Å². The lowest BCUT2D eigenvalue weighted by atomic mass is 9.99. The van der Waals surface area contributed by atoms with Crippen LogP contribution in [0, 0.1) is 6.92 Å². The van der Waals surface area contributed by atoms with Crippen LogP contribution in [-0.4, -0.2) is 25.5 Å². The van der Waals surface area contributed by atoms with Gasteiger partial charge in [0.15, 0.2) is 5.78 Å². The van der Waals surface area contributed by atoms with Crippen LogP contribution in [0.1, 0.15) is 44.6 Å². The first-order valence-electron chi connectivity index (χ1n) is 11.7. The van der Waals surface area contributed by atoms with Gasteiger partial charge in [0, 0.05) is 42.2 Å². The molecular weight excluding hydrogens is 434 g/mol. The average molecular weight is 462 g/mol. The number of nitrogen functional groups attached to an aromatic ring is 1. The van der Waals surface area contributed by atoms with Gasteiger partial charge >= 0.3 is 0 Å². The van der Waals surface area contributed by atoms with Crippen molar-refractivity contribution in [2.24, 2.45) is 0 Å². The number of nitrogens with zero attached hydrogens (tertiary/aromatic N) is 4. The molecule has 0 saturated heterocycles. The van der Waals surface area contributed by atoms with Crippen molar-refractivity contribution in [3.05, 3.63) is 119 Å². The number of Topliss-reactive ketones (excluding diaryl/α,β-unsaturated/α-hetero) is 1. The summed E-state index contributed by atoms with van der Waals surface area (Å²) in [5, 5.41) is 6.32. The van der Waals surface area contributed by atoms with Gasteiger partial charge in [0.1, 0.15) is 5.82 Å². The number of carbonyl (C=O) groups excluding carboxylic acids is 1. The molecule has 0 aliphatic rings. The third-order valence-electron chi connectivity index (χ3n) is 6.16. The van der Waals surface area contributed by atoms with Gasteiger partial charge in [0.2, 0.25) is 0 Å². The molecule has 0 aliphatic carbocycles. The minimum absolute atomic E-state index is 0.0959. The Hall–Kier alpha value is -4.32. The van der Waals surface area contributed by atoms with Crippen LogP contribution in [0.4, 0.5) is 5.82 Å². The van der Waals surface area contributed by atoms with E-state index in [1.807, 2.05) is 54.5 Å². The highest BCUT2D eigenvalue weighted by Gasteiger charge is 2.09. The lowest BCUT2D eigenvalue weighted by Gasteiger charge is -2.07. The predicted octanol–water partition coefficient (Wildman–Crippen LogP) is 5.17. The standard InChI is InChI=1S/C29H27N5O/c1-20-15-33-34(18-20)19-23-4-2-21(3-5-23)12-24-14-26(17-31-16-24)28(35)9-7-22-6-8-27-25(13-22)10-11-32-29(27)30/h2-6,8,10-11,13-18H,7,9,12,19H2,1H3,(H2,30,32). The first-order valence-corrected chi connectivity index (χ1v) is 11.7. The monoisotopic (exact) mass is 461 g/mol. The van der Waals surface area contributed by atoms with E-state index in [4.69, 9.17) is 5.73 Å². The summed E-state index contributed by atoms with van der Waals surface area (Å²) in [5.41, 5.74) is 12.3. The van der Waals surface area contributed by atoms with E-state index in [0.717, 1.165) is 40.4 Å². The topological polar surface area (TPSA) is 86.7 Å². The van der Waals surface area contributed by atoms with Crippen LogP contribution < -0.4 is 5.73 Å². The summed E-state index contributed by atoms with van der Waals surface area (Å²) in [5.74, 6) is 0.620. The molecule has 0 aliphatic heterocycles. The summed E-state index contributed by atoms with van der Waals surface area (Å²) in [4.78, 5) is 21.3. The van der Waals surface area contributed by atoms with Crippen LogP contribution in [0.3, 0.4) is 0 Å². The fourth-order valence-electron chi connectivity index (χ4n) is 4.28. The Labute approximate surface area is 204 Å². The second-order valence-electron chi connectivity index (χ2n) is 8.97. The van der Waals surface area contributed by atoms with E-state index in [1.165, 1.54) is 11.1 Å². The van der Waals surface area contributed by atoms with Crippen LogP contribution in [0.25, 0.3) is 10.8 Å². The minimum Gasteiger partial charge on any atom is -0.383 e. The highest BCUT2D eigenvalue weighted by atomic mass is 16.1. The fraction of sp³-hybridized carbons (Fsp3) is 0.172. The van der Waals surface area contributed by atoms with E-state index < -0.39 is 0 Å². The van der Waals surface area contributed by atoms with Gasteiger partial charge in [0.25, 0.3) is 0 Å². The summed E-state index contributed by atoms with van der Waals surface area (Å²) in [6.45, 7) is 2.79. The lowest BCUT2D eigenvalue weighted by molar-refractivity contribution is 0.0982. The molecular formula is C29H27N5O. The average Bonchev–Trinajstić information content (AvgIpc) is 3.28. The van der Waals surface area contributed by atoms with Crippen LogP contribution >= 0.6 is 0 Å². The zero-order valence-corrected chi connectivity index (χ0v) is 19.7. The molecule has 6 heteroatoms. The van der Waals surface area contributed by atoms with Crippen molar-refractivity contribution in [3.63, 3.8) is 0 Å². The Kier molecular flexibility index (Phi) is 6.35. The van der Waals surface area contributed by atoms with Crippen molar-refractivity contribution in [1.82, 2.24) is 19.7 Å². The molecule has 2 N–H and O–H groups in total. The van der Waals surface area contributed by atoms with Crippen LogP contribution in [0.15, 0.2) is 85.6 Å². The largest absolute Gasteiger partial charge is 0.383 e. The summed E-state index contributed by atoms with van der Waals surface area (Å²) >= 11 is 0. The van der Waals surface area contributed by atoms with Gasteiger partial charge in [-0.25, -0.2) is 4.98 Å². The zero-order chi connectivity index (χ0) is 24.2. The van der Waals surface area contributed by atoms with Crippen LogP contribution in [0.5, 0.6) is 0 Å². The third kappa shape index (κ3) is 5.44. The van der Waals surface area contributed by atoms with E-state index in [9.17, 15) is 4.79 Å². The molecule has 0 radical (unpaired) electrons. The molecule has 5 aromatic rings. The summed E-state index contributed by atoms with van der Waals surface area (Å²) < 4.78 is 1.94. The Morgan fingerprint density at radius 3 is 2.51 bits per heavy atom. The van der Waals surface area contributed by atoms with E-state index in [-0.39, 0.29) is 5.78 Å². The molecule has 0 spiro atoms. The second-order valence-corrected chi connectivity index (χ2v) is 8.97. The molecule has 0 atom stereocenters. The highest BCUT2D eigenvalue weighted by Crippen LogP contribution is 2.21. The van der Waals surface area contributed by atoms with Crippen molar-refractivity contribution < 1.29 is 4.79 Å². The van der Waals surface area contributed by atoms with Gasteiger partial charge in [-0.15, -0.1) is 0 Å². The smallest absolute Gasteiger partial charge is 0.164 e. The highest BCUT2D eigenvalue weighted by molar-refractivity contribution is 5.96. The number of nitrogens with two attached hydrogens (primary N) is 1. The molecule has 0 saturated carbocycles. The van der Waals surface area contributed by atoms with Crippen molar-refractivity contribution in [2.75, 3.05) is 5.73 Å². The first kappa shape index (κ1) is 22.5. The zero-order valence-electron chi connectivity index (χ0n) is 19.7. The molecule has 35 heavy (non-hydrogen) atoms. The molecule has 0 bridgehead atoms. The number of ketones is 1. The summed E-state index contributed by atoms with van der Waals surface area (Å²) in [6, 6.07) is 18.5. The quantitative estimate of drug-likeness (QED) is 0.322. The molecule has 5 rings (SSSR count). The number of benzene rings is 2. The molecule has 0 fully saturated rings. The number of anilines is 1. The number of hydrogen-bond acceptors (Lipinski definition) is 5. The predicted molar refractivity (Wildman–Crippen MR) is 138 cm³/mol. The van der Waals surface area contributed by atoms with E-state index in [1.54, 1.807) is 12.4 Å². The number of fused-ring (bicyclic) bond motifs is 1. The van der Waals surface area contributed by atoms with Crippen molar-refractivity contribution >= 4 is 22.4 Å². The maximum absolute atomic E-state index is 12.9. The molecule has 3 heterocycles. The van der Waals surface area contributed by atoms with Crippen molar-refractivity contribution in [3.8, 4) is 0 Å². The Balaban J connectivity index is 1.21. The van der Waals surface area contributed by atoms with E-state index in [2.05, 4.69) is 45.4 Å². The lowest BCUT2D eigenvalue weighted by Crippen LogP contribution is -2.03. The van der Waals surface area contributed by atoms with E-state index >= 15 is 0 Å². The number of aromatic nitrogens is 4. The van der Waals surface area contributed by atoms with Gasteiger partial charge in [-0.05, 0) is 65.1 Å². The third-order valence-corrected chi connectivity index (χ3v) is 6.16.